The van der Waals surface area contributed by atoms with Crippen LogP contribution in [0.1, 0.15) is 18.6 Å². The van der Waals surface area contributed by atoms with Gasteiger partial charge in [-0.15, -0.1) is 0 Å². The van der Waals surface area contributed by atoms with E-state index in [-0.39, 0.29) is 0 Å². The second kappa shape index (κ2) is 3.46. The van der Waals surface area contributed by atoms with E-state index in [0.717, 1.165) is 43.5 Å². The lowest BCUT2D eigenvalue weighted by molar-refractivity contribution is 0.341. The fourth-order valence-corrected chi connectivity index (χ4v) is 1.62. The third-order valence-corrected chi connectivity index (χ3v) is 2.55. The molecule has 1 aromatic heterocycles. The topological polar surface area (TPSA) is 42.7 Å². The normalized spacial score (nSPS) is 17.4. The van der Waals surface area contributed by atoms with Crippen molar-refractivity contribution in [3.05, 3.63) is 11.6 Å². The third-order valence-electron chi connectivity index (χ3n) is 2.55. The predicted octanol–water partition coefficient (Wildman–Crippen LogP) is 0.139. The van der Waals surface area contributed by atoms with Gasteiger partial charge in [-0.3, -0.25) is 4.68 Å². The average Bonchev–Trinajstić information content (AvgIpc) is 2.39. The molecule has 4 heteroatoms. The van der Waals surface area contributed by atoms with E-state index >= 15 is 0 Å². The summed E-state index contributed by atoms with van der Waals surface area (Å²) < 4.78 is 1.89. The fourth-order valence-electron chi connectivity index (χ4n) is 1.62. The highest BCUT2D eigenvalue weighted by Gasteiger charge is 2.19. The Kier molecular flexibility index (Phi) is 2.31. The van der Waals surface area contributed by atoms with Gasteiger partial charge in [0.2, 0.25) is 0 Å². The van der Waals surface area contributed by atoms with Crippen LogP contribution in [0.2, 0.25) is 0 Å². The number of aryl methyl sites for hydroxylation is 2. The Morgan fingerprint density at radius 3 is 2.77 bits per heavy atom. The molecule has 0 atom stereocenters. The van der Waals surface area contributed by atoms with Crippen molar-refractivity contribution in [2.45, 2.75) is 19.8 Å². The van der Waals surface area contributed by atoms with Gasteiger partial charge in [0.15, 0.2) is 5.82 Å². The van der Waals surface area contributed by atoms with Crippen molar-refractivity contribution in [1.82, 2.24) is 20.1 Å². The second-order valence-electron chi connectivity index (χ2n) is 3.65. The second-order valence-corrected chi connectivity index (χ2v) is 3.65. The van der Waals surface area contributed by atoms with Gasteiger partial charge in [-0.1, -0.05) is 6.92 Å². The molecule has 0 saturated carbocycles. The molecule has 1 aromatic rings. The average molecular weight is 180 g/mol. The Labute approximate surface area is 78.4 Å². The molecular formula is C9H16N4. The molecule has 0 unspecified atom stereocenters. The summed E-state index contributed by atoms with van der Waals surface area (Å²) >= 11 is 0. The molecule has 1 aliphatic heterocycles. The van der Waals surface area contributed by atoms with Gasteiger partial charge >= 0.3 is 0 Å². The van der Waals surface area contributed by atoms with Gasteiger partial charge < -0.3 is 5.32 Å². The van der Waals surface area contributed by atoms with Crippen LogP contribution in [0.4, 0.5) is 0 Å². The number of rotatable bonds is 3. The molecule has 1 fully saturated rings. The molecule has 2 rings (SSSR count). The summed E-state index contributed by atoms with van der Waals surface area (Å²) in [5.74, 6) is 2.85. The maximum atomic E-state index is 4.47. The minimum absolute atomic E-state index is 0.757. The van der Waals surface area contributed by atoms with Crippen molar-refractivity contribution in [1.29, 1.82) is 0 Å². The first-order chi connectivity index (χ1) is 6.29. The number of hydrogen-bond donors (Lipinski definition) is 1. The molecule has 0 aliphatic carbocycles. The van der Waals surface area contributed by atoms with Gasteiger partial charge in [0.1, 0.15) is 5.82 Å². The lowest BCUT2D eigenvalue weighted by atomic mass is 9.99. The van der Waals surface area contributed by atoms with Gasteiger partial charge in [-0.2, -0.15) is 5.10 Å². The van der Waals surface area contributed by atoms with Gasteiger partial charge in [-0.25, -0.2) is 4.98 Å². The van der Waals surface area contributed by atoms with Crippen LogP contribution < -0.4 is 5.32 Å². The molecule has 13 heavy (non-hydrogen) atoms. The Bertz CT molecular complexity index is 288. The zero-order valence-electron chi connectivity index (χ0n) is 8.25. The molecule has 1 saturated heterocycles. The quantitative estimate of drug-likeness (QED) is 0.719. The summed E-state index contributed by atoms with van der Waals surface area (Å²) in [7, 11) is 1.97. The maximum Gasteiger partial charge on any atom is 0.151 e. The SMILES string of the molecule is CCc1nc(CC2CNC2)nn1C. The van der Waals surface area contributed by atoms with Gasteiger partial charge in [0, 0.05) is 19.9 Å². The highest BCUT2D eigenvalue weighted by atomic mass is 15.3. The smallest absolute Gasteiger partial charge is 0.151 e. The molecule has 2 heterocycles. The van der Waals surface area contributed by atoms with E-state index in [0.29, 0.717) is 0 Å². The van der Waals surface area contributed by atoms with Gasteiger partial charge in [-0.05, 0) is 19.0 Å². The summed E-state index contributed by atoms with van der Waals surface area (Å²) in [6.07, 6.45) is 1.99. The van der Waals surface area contributed by atoms with Crippen LogP contribution in [0.3, 0.4) is 0 Å². The van der Waals surface area contributed by atoms with E-state index < -0.39 is 0 Å². The van der Waals surface area contributed by atoms with E-state index in [4.69, 9.17) is 0 Å². The van der Waals surface area contributed by atoms with Crippen LogP contribution in [-0.4, -0.2) is 27.9 Å². The van der Waals surface area contributed by atoms with Crippen molar-refractivity contribution < 1.29 is 0 Å². The van der Waals surface area contributed by atoms with Crippen LogP contribution in [-0.2, 0) is 19.9 Å². The highest BCUT2D eigenvalue weighted by molar-refractivity contribution is 4.95. The van der Waals surface area contributed by atoms with E-state index in [1.807, 2.05) is 11.7 Å². The van der Waals surface area contributed by atoms with Crippen LogP contribution in [0.15, 0.2) is 0 Å². The maximum absolute atomic E-state index is 4.47. The van der Waals surface area contributed by atoms with E-state index in [1.54, 1.807) is 0 Å². The van der Waals surface area contributed by atoms with E-state index in [1.165, 1.54) is 0 Å². The molecule has 1 N–H and O–H groups in total. The molecule has 0 spiro atoms. The van der Waals surface area contributed by atoms with Crippen molar-refractivity contribution in [3.8, 4) is 0 Å². The number of nitrogens with zero attached hydrogens (tertiary/aromatic N) is 3. The first-order valence-electron chi connectivity index (χ1n) is 4.89. The first kappa shape index (κ1) is 8.69. The van der Waals surface area contributed by atoms with Gasteiger partial charge in [0.25, 0.3) is 0 Å². The van der Waals surface area contributed by atoms with Gasteiger partial charge in [0.05, 0.1) is 0 Å². The Balaban J connectivity index is 2.03. The highest BCUT2D eigenvalue weighted by Crippen LogP contribution is 2.09. The van der Waals surface area contributed by atoms with Crippen LogP contribution in [0.25, 0.3) is 0 Å². The van der Waals surface area contributed by atoms with Crippen molar-refractivity contribution in [3.63, 3.8) is 0 Å². The Morgan fingerprint density at radius 2 is 2.31 bits per heavy atom. The molecule has 72 valence electrons. The van der Waals surface area contributed by atoms with Crippen LogP contribution in [0.5, 0.6) is 0 Å². The summed E-state index contributed by atoms with van der Waals surface area (Å²) in [4.78, 5) is 4.47. The van der Waals surface area contributed by atoms with Crippen LogP contribution >= 0.6 is 0 Å². The number of aromatic nitrogens is 3. The van der Waals surface area contributed by atoms with Crippen molar-refractivity contribution >= 4 is 0 Å². The molecule has 4 nitrogen and oxygen atoms in total. The van der Waals surface area contributed by atoms with Crippen molar-refractivity contribution in [2.75, 3.05) is 13.1 Å². The third kappa shape index (κ3) is 1.72. The fraction of sp³-hybridized carbons (Fsp3) is 0.778. The molecule has 0 aromatic carbocycles. The van der Waals surface area contributed by atoms with E-state index in [2.05, 4.69) is 22.3 Å². The number of nitrogens with one attached hydrogen (secondary N) is 1. The molecule has 0 amide bonds. The van der Waals surface area contributed by atoms with Crippen molar-refractivity contribution in [2.24, 2.45) is 13.0 Å². The monoisotopic (exact) mass is 180 g/mol. The predicted molar refractivity (Wildman–Crippen MR) is 50.4 cm³/mol. The molecule has 1 aliphatic rings. The minimum Gasteiger partial charge on any atom is -0.316 e. The lowest BCUT2D eigenvalue weighted by Crippen LogP contribution is -2.43. The molecule has 0 radical (unpaired) electrons. The summed E-state index contributed by atoms with van der Waals surface area (Å²) in [5.41, 5.74) is 0. The number of hydrogen-bond acceptors (Lipinski definition) is 3. The standard InChI is InChI=1S/C9H16N4/c1-3-9-11-8(12-13(9)2)4-7-5-10-6-7/h7,10H,3-6H2,1-2H3. The Hall–Kier alpha value is -0.900. The summed E-state index contributed by atoms with van der Waals surface area (Å²) in [6, 6.07) is 0. The van der Waals surface area contributed by atoms with E-state index in [9.17, 15) is 0 Å². The summed E-state index contributed by atoms with van der Waals surface area (Å²) in [6.45, 7) is 4.36. The molecular weight excluding hydrogens is 164 g/mol. The van der Waals surface area contributed by atoms with Crippen LogP contribution in [0, 0.1) is 5.92 Å². The summed E-state index contributed by atoms with van der Waals surface area (Å²) in [5, 5.41) is 7.64. The Morgan fingerprint density at radius 1 is 1.54 bits per heavy atom. The largest absolute Gasteiger partial charge is 0.316 e. The zero-order chi connectivity index (χ0) is 9.26. The lowest BCUT2D eigenvalue weighted by Gasteiger charge is -2.25. The molecule has 0 bridgehead atoms. The minimum atomic E-state index is 0.757. The first-order valence-corrected chi connectivity index (χ1v) is 4.89. The zero-order valence-corrected chi connectivity index (χ0v) is 8.25.